The highest BCUT2D eigenvalue weighted by atomic mass is 35.5. The highest BCUT2D eigenvalue weighted by molar-refractivity contribution is 6.32. The molecule has 0 atom stereocenters. The zero-order chi connectivity index (χ0) is 23.9. The van der Waals surface area contributed by atoms with Crippen LogP contribution in [0, 0.1) is 0 Å². The molecule has 4 rings (SSSR count). The number of hydrogen-bond donors (Lipinski definition) is 1. The van der Waals surface area contributed by atoms with Crippen LogP contribution in [0.4, 0.5) is 5.82 Å². The van der Waals surface area contributed by atoms with E-state index in [-0.39, 0.29) is 18.4 Å². The molecule has 1 heterocycles. The number of aromatic nitrogens is 2. The lowest BCUT2D eigenvalue weighted by atomic mass is 10.1. The number of carbonyl (C=O) groups is 2. The van der Waals surface area contributed by atoms with Gasteiger partial charge in [0.1, 0.15) is 12.4 Å². The number of carbonyl (C=O) groups excluding carboxylic acids is 2. The van der Waals surface area contributed by atoms with Crippen LogP contribution in [0.15, 0.2) is 91.0 Å². The van der Waals surface area contributed by atoms with Crippen molar-refractivity contribution in [3.8, 4) is 16.9 Å². The van der Waals surface area contributed by atoms with Crippen LogP contribution in [0.3, 0.4) is 0 Å². The van der Waals surface area contributed by atoms with Crippen molar-refractivity contribution < 1.29 is 9.59 Å². The average molecular weight is 473 g/mol. The molecular weight excluding hydrogens is 448 g/mol. The Morgan fingerprint density at radius 1 is 0.941 bits per heavy atom. The van der Waals surface area contributed by atoms with Gasteiger partial charge in [0.2, 0.25) is 5.91 Å². The minimum Gasteiger partial charge on any atom is -0.329 e. The molecule has 7 heteroatoms. The fourth-order valence-corrected chi connectivity index (χ4v) is 3.88. The van der Waals surface area contributed by atoms with Gasteiger partial charge in [-0.3, -0.25) is 9.59 Å². The molecule has 0 bridgehead atoms. The molecule has 172 valence electrons. The largest absolute Gasteiger partial charge is 0.329 e. The summed E-state index contributed by atoms with van der Waals surface area (Å²) in [7, 11) is 0. The maximum atomic E-state index is 13.1. The van der Waals surface area contributed by atoms with Gasteiger partial charge in [-0.2, -0.15) is 5.10 Å². The van der Waals surface area contributed by atoms with E-state index in [0.717, 1.165) is 12.0 Å². The van der Waals surface area contributed by atoms with Crippen LogP contribution in [-0.2, 0) is 4.79 Å². The molecule has 0 radical (unpaired) electrons. The Balaban J connectivity index is 1.61. The number of hydrogen-bond acceptors (Lipinski definition) is 3. The second-order valence-corrected chi connectivity index (χ2v) is 8.19. The molecule has 1 aromatic heterocycles. The van der Waals surface area contributed by atoms with Gasteiger partial charge in [0.05, 0.1) is 16.4 Å². The number of benzene rings is 3. The van der Waals surface area contributed by atoms with Crippen LogP contribution in [0.25, 0.3) is 16.9 Å². The van der Waals surface area contributed by atoms with Gasteiger partial charge in [-0.15, -0.1) is 0 Å². The minimum atomic E-state index is -0.314. The topological polar surface area (TPSA) is 67.2 Å². The predicted molar refractivity (Wildman–Crippen MR) is 135 cm³/mol. The average Bonchev–Trinajstić information content (AvgIpc) is 3.28. The number of halogens is 1. The summed E-state index contributed by atoms with van der Waals surface area (Å²) in [4.78, 5) is 27.6. The third kappa shape index (κ3) is 5.35. The first kappa shape index (κ1) is 23.3. The van der Waals surface area contributed by atoms with E-state index in [4.69, 9.17) is 16.7 Å². The van der Waals surface area contributed by atoms with Crippen LogP contribution in [0.5, 0.6) is 0 Å². The summed E-state index contributed by atoms with van der Waals surface area (Å²) in [6.45, 7) is 2.37. The Labute approximate surface area is 203 Å². The third-order valence-electron chi connectivity index (χ3n) is 5.26. The van der Waals surface area contributed by atoms with Crippen LogP contribution in [0.2, 0.25) is 5.02 Å². The second kappa shape index (κ2) is 10.8. The Kier molecular flexibility index (Phi) is 7.40. The van der Waals surface area contributed by atoms with Crippen molar-refractivity contribution in [1.29, 1.82) is 0 Å². The minimum absolute atomic E-state index is 0.0735. The molecule has 0 saturated heterocycles. The fourth-order valence-electron chi connectivity index (χ4n) is 3.67. The van der Waals surface area contributed by atoms with Crippen molar-refractivity contribution in [3.63, 3.8) is 0 Å². The summed E-state index contributed by atoms with van der Waals surface area (Å²) >= 11 is 6.43. The first-order chi connectivity index (χ1) is 16.6. The van der Waals surface area contributed by atoms with Crippen molar-refractivity contribution in [2.45, 2.75) is 13.3 Å². The van der Waals surface area contributed by atoms with E-state index < -0.39 is 0 Å². The van der Waals surface area contributed by atoms with Gasteiger partial charge in [-0.1, -0.05) is 79.2 Å². The number of anilines is 1. The lowest BCUT2D eigenvalue weighted by Gasteiger charge is -2.22. The van der Waals surface area contributed by atoms with Gasteiger partial charge >= 0.3 is 0 Å². The Morgan fingerprint density at radius 3 is 2.26 bits per heavy atom. The van der Waals surface area contributed by atoms with Gasteiger partial charge in [-0.25, -0.2) is 4.68 Å². The second-order valence-electron chi connectivity index (χ2n) is 7.78. The van der Waals surface area contributed by atoms with Crippen molar-refractivity contribution in [3.05, 3.63) is 102 Å². The van der Waals surface area contributed by atoms with Gasteiger partial charge < -0.3 is 10.2 Å². The molecule has 0 aliphatic carbocycles. The van der Waals surface area contributed by atoms with Gasteiger partial charge in [-0.05, 0) is 30.7 Å². The molecule has 0 aliphatic rings. The molecule has 1 N–H and O–H groups in total. The van der Waals surface area contributed by atoms with Crippen molar-refractivity contribution in [2.24, 2.45) is 0 Å². The van der Waals surface area contributed by atoms with Gasteiger partial charge in [0, 0.05) is 23.7 Å². The van der Waals surface area contributed by atoms with E-state index in [1.54, 1.807) is 33.8 Å². The molecule has 4 aromatic rings. The summed E-state index contributed by atoms with van der Waals surface area (Å²) in [6, 6.07) is 27.8. The Hall–Kier alpha value is -3.90. The van der Waals surface area contributed by atoms with E-state index in [2.05, 4.69) is 5.32 Å². The molecule has 0 unspecified atom stereocenters. The number of nitrogens with one attached hydrogen (secondary N) is 1. The van der Waals surface area contributed by atoms with Crippen LogP contribution in [-0.4, -0.2) is 39.6 Å². The summed E-state index contributed by atoms with van der Waals surface area (Å²) in [5.74, 6) is -0.0201. The normalized spacial score (nSPS) is 10.6. The van der Waals surface area contributed by atoms with Gasteiger partial charge in [0.15, 0.2) is 0 Å². The first-order valence-electron chi connectivity index (χ1n) is 11.1. The highest BCUT2D eigenvalue weighted by Gasteiger charge is 2.20. The van der Waals surface area contributed by atoms with Crippen molar-refractivity contribution in [2.75, 3.05) is 18.4 Å². The van der Waals surface area contributed by atoms with E-state index in [0.29, 0.717) is 34.3 Å². The molecule has 0 fully saturated rings. The molecule has 0 spiro atoms. The quantitative estimate of drug-likeness (QED) is 0.358. The molecule has 0 saturated carbocycles. The zero-order valence-electron chi connectivity index (χ0n) is 18.8. The summed E-state index contributed by atoms with van der Waals surface area (Å²) in [5, 5.41) is 8.14. The maximum absolute atomic E-state index is 13.1. The van der Waals surface area contributed by atoms with Crippen molar-refractivity contribution >= 4 is 29.2 Å². The SMILES string of the molecule is CCCN(CC(=O)Nc1cc(-c2ccccc2)nn1-c1ccccc1Cl)C(=O)c1ccccc1. The molecule has 6 nitrogen and oxygen atoms in total. The highest BCUT2D eigenvalue weighted by Crippen LogP contribution is 2.28. The third-order valence-corrected chi connectivity index (χ3v) is 5.58. The first-order valence-corrected chi connectivity index (χ1v) is 11.5. The van der Waals surface area contributed by atoms with Gasteiger partial charge in [0.25, 0.3) is 5.91 Å². The zero-order valence-corrected chi connectivity index (χ0v) is 19.6. The van der Waals surface area contributed by atoms with Crippen molar-refractivity contribution in [1.82, 2.24) is 14.7 Å². The fraction of sp³-hybridized carbons (Fsp3) is 0.148. The summed E-state index contributed by atoms with van der Waals surface area (Å²) < 4.78 is 1.62. The summed E-state index contributed by atoms with van der Waals surface area (Å²) in [5.41, 5.74) is 2.81. The maximum Gasteiger partial charge on any atom is 0.254 e. The monoisotopic (exact) mass is 472 g/mol. The lowest BCUT2D eigenvalue weighted by Crippen LogP contribution is -2.38. The van der Waals surface area contributed by atoms with Crippen LogP contribution < -0.4 is 5.32 Å². The lowest BCUT2D eigenvalue weighted by molar-refractivity contribution is -0.116. The van der Waals surface area contributed by atoms with E-state index >= 15 is 0 Å². The molecular formula is C27H25ClN4O2. The number of nitrogens with zero attached hydrogens (tertiary/aromatic N) is 3. The van der Waals surface area contributed by atoms with E-state index in [9.17, 15) is 9.59 Å². The smallest absolute Gasteiger partial charge is 0.254 e. The Bertz CT molecular complexity index is 1270. The molecule has 3 aromatic carbocycles. The number of rotatable bonds is 8. The van der Waals surface area contributed by atoms with E-state index in [1.807, 2.05) is 73.7 Å². The predicted octanol–water partition coefficient (Wildman–Crippen LogP) is 5.68. The molecule has 34 heavy (non-hydrogen) atoms. The van der Waals surface area contributed by atoms with E-state index in [1.165, 1.54) is 0 Å². The van der Waals surface area contributed by atoms with Crippen LogP contribution in [0.1, 0.15) is 23.7 Å². The number of para-hydroxylation sites is 1. The van der Waals surface area contributed by atoms with Crippen LogP contribution >= 0.6 is 11.6 Å². The Morgan fingerprint density at radius 2 is 1.59 bits per heavy atom. The molecule has 0 aliphatic heterocycles. The summed E-state index contributed by atoms with van der Waals surface area (Å²) in [6.07, 6.45) is 0.738. The number of amides is 2. The standard InChI is InChI=1S/C27H25ClN4O2/c1-2-17-31(27(34)21-13-7-4-8-14-21)19-26(33)29-25-18-23(20-11-5-3-6-12-20)30-32(25)24-16-10-9-15-22(24)28/h3-16,18H,2,17,19H2,1H3,(H,29,33). The molecule has 2 amide bonds.